The number of carbonyl (C=O) groups is 3. The Hall–Kier alpha value is -2.39. The minimum absolute atomic E-state index is 0.0953. The molecular formula is C18H19NO6S2. The number of carboxylic acids is 2. The Morgan fingerprint density at radius 3 is 2.48 bits per heavy atom. The Morgan fingerprint density at radius 2 is 1.93 bits per heavy atom. The number of thioether (sulfide) groups is 1. The molecule has 0 saturated carbocycles. The second-order valence-electron chi connectivity index (χ2n) is 5.83. The molecule has 144 valence electrons. The van der Waals surface area contributed by atoms with E-state index in [1.54, 1.807) is 31.2 Å². The van der Waals surface area contributed by atoms with Crippen LogP contribution in [-0.4, -0.2) is 49.9 Å². The first-order valence-corrected chi connectivity index (χ1v) is 9.40. The highest BCUT2D eigenvalue weighted by atomic mass is 32.2. The normalized spacial score (nSPS) is 16.1. The van der Waals surface area contributed by atoms with Gasteiger partial charge in [-0.05, 0) is 18.6 Å². The maximum absolute atomic E-state index is 12.9. The lowest BCUT2D eigenvalue weighted by Crippen LogP contribution is -2.61. The van der Waals surface area contributed by atoms with Crippen molar-refractivity contribution in [2.45, 2.75) is 31.7 Å². The second kappa shape index (κ2) is 8.53. The molecule has 1 amide bonds. The molecule has 0 aliphatic carbocycles. The fraction of sp³-hybridized carbons (Fsp3) is 0.333. The van der Waals surface area contributed by atoms with Crippen LogP contribution in [0.15, 0.2) is 29.2 Å². The fourth-order valence-electron chi connectivity index (χ4n) is 2.76. The molecule has 0 radical (unpaired) electrons. The number of nitrogens with zero attached hydrogens (tertiary/aromatic N) is 1. The van der Waals surface area contributed by atoms with E-state index in [1.807, 2.05) is 0 Å². The van der Waals surface area contributed by atoms with Crippen LogP contribution in [0.3, 0.4) is 0 Å². The maximum Gasteiger partial charge on any atom is 0.341 e. The Kier molecular flexibility index (Phi) is 6.61. The standard InChI is InChI=1S/C18H19NO6S2/c1-3-4-9-18(15(21)22,16(23)24)19-14(20)13(27-17(19)26)10-11-7-5-6-8-12(11)25-2/h5-8,10H,3-4,9H2,1-2H3,(H,21,22)(H,23,24)/b13-10-. The molecule has 1 saturated heterocycles. The van der Waals surface area contributed by atoms with Gasteiger partial charge in [-0.2, -0.15) is 0 Å². The lowest BCUT2D eigenvalue weighted by molar-refractivity contribution is -0.168. The zero-order valence-electron chi connectivity index (χ0n) is 14.8. The fourth-order valence-corrected chi connectivity index (χ4v) is 4.16. The molecule has 1 aliphatic rings. The summed E-state index contributed by atoms with van der Waals surface area (Å²) in [7, 11) is 1.49. The predicted molar refractivity (Wildman–Crippen MR) is 106 cm³/mol. The maximum atomic E-state index is 12.9. The van der Waals surface area contributed by atoms with Gasteiger partial charge in [0, 0.05) is 5.56 Å². The number of unbranched alkanes of at least 4 members (excludes halogenated alkanes) is 1. The van der Waals surface area contributed by atoms with E-state index in [1.165, 1.54) is 13.2 Å². The molecule has 0 atom stereocenters. The number of methoxy groups -OCH3 is 1. The lowest BCUT2D eigenvalue weighted by Gasteiger charge is -2.33. The molecule has 0 unspecified atom stereocenters. The van der Waals surface area contributed by atoms with Gasteiger partial charge >= 0.3 is 11.9 Å². The number of ether oxygens (including phenoxy) is 1. The number of carboxylic acid groups (broad SMARTS) is 2. The third-order valence-corrected chi connectivity index (χ3v) is 5.50. The number of amides is 1. The summed E-state index contributed by atoms with van der Waals surface area (Å²) in [5.41, 5.74) is -1.82. The molecule has 9 heteroatoms. The van der Waals surface area contributed by atoms with E-state index in [4.69, 9.17) is 17.0 Å². The number of hydrogen-bond acceptors (Lipinski definition) is 6. The number of aliphatic carboxylic acids is 2. The number of rotatable bonds is 8. The summed E-state index contributed by atoms with van der Waals surface area (Å²) < 4.78 is 5.15. The van der Waals surface area contributed by atoms with Crippen LogP contribution in [0.5, 0.6) is 5.75 Å². The predicted octanol–water partition coefficient (Wildman–Crippen LogP) is 2.99. The van der Waals surface area contributed by atoms with Gasteiger partial charge in [0.2, 0.25) is 5.54 Å². The van der Waals surface area contributed by atoms with Crippen molar-refractivity contribution in [2.75, 3.05) is 7.11 Å². The van der Waals surface area contributed by atoms with Gasteiger partial charge in [0.05, 0.1) is 12.0 Å². The number of carbonyl (C=O) groups excluding carboxylic acids is 1. The summed E-state index contributed by atoms with van der Waals surface area (Å²) in [5.74, 6) is -3.44. The van der Waals surface area contributed by atoms with Crippen LogP contribution in [0.2, 0.25) is 0 Å². The summed E-state index contributed by atoms with van der Waals surface area (Å²) in [5, 5.41) is 19.4. The molecule has 0 bridgehead atoms. The third kappa shape index (κ3) is 3.84. The number of thiocarbonyl (C=S) groups is 1. The van der Waals surface area contributed by atoms with Crippen molar-refractivity contribution < 1.29 is 29.3 Å². The van der Waals surface area contributed by atoms with E-state index in [0.717, 1.165) is 11.8 Å². The van der Waals surface area contributed by atoms with Gasteiger partial charge < -0.3 is 14.9 Å². The SMILES string of the molecule is CCCCC(C(=O)O)(C(=O)O)N1C(=O)/C(=C/c2ccccc2OC)SC1=S. The van der Waals surface area contributed by atoms with Crippen LogP contribution < -0.4 is 4.74 Å². The number of para-hydroxylation sites is 1. The quantitative estimate of drug-likeness (QED) is 0.384. The third-order valence-electron chi connectivity index (χ3n) is 4.20. The Bertz CT molecular complexity index is 806. The van der Waals surface area contributed by atoms with Crippen LogP contribution in [0.25, 0.3) is 6.08 Å². The molecule has 2 N–H and O–H groups in total. The van der Waals surface area contributed by atoms with Gasteiger partial charge in [-0.3, -0.25) is 9.69 Å². The molecular weight excluding hydrogens is 390 g/mol. The molecule has 1 aliphatic heterocycles. The van der Waals surface area contributed by atoms with Gasteiger partial charge in [0.1, 0.15) is 10.1 Å². The average molecular weight is 409 g/mol. The van der Waals surface area contributed by atoms with Gasteiger partial charge in [-0.25, -0.2) is 9.59 Å². The number of benzene rings is 1. The molecule has 1 aromatic carbocycles. The molecule has 7 nitrogen and oxygen atoms in total. The molecule has 0 spiro atoms. The van der Waals surface area contributed by atoms with Gasteiger partial charge in [-0.15, -0.1) is 0 Å². The molecule has 1 fully saturated rings. The van der Waals surface area contributed by atoms with E-state index in [9.17, 15) is 24.6 Å². The second-order valence-corrected chi connectivity index (χ2v) is 7.51. The van der Waals surface area contributed by atoms with Crippen molar-refractivity contribution in [3.63, 3.8) is 0 Å². The zero-order chi connectivity index (χ0) is 20.2. The first kappa shape index (κ1) is 20.9. The van der Waals surface area contributed by atoms with Crippen LogP contribution in [0, 0.1) is 0 Å². The Balaban J connectivity index is 2.51. The van der Waals surface area contributed by atoms with E-state index in [0.29, 0.717) is 29.1 Å². The Morgan fingerprint density at radius 1 is 1.30 bits per heavy atom. The summed E-state index contributed by atoms with van der Waals surface area (Å²) in [6.45, 7) is 1.81. The monoisotopic (exact) mass is 409 g/mol. The van der Waals surface area contributed by atoms with Gasteiger partial charge in [0.25, 0.3) is 5.91 Å². The minimum atomic E-state index is -2.42. The van der Waals surface area contributed by atoms with Crippen molar-refractivity contribution in [2.24, 2.45) is 0 Å². The highest BCUT2D eigenvalue weighted by Crippen LogP contribution is 2.40. The summed E-state index contributed by atoms with van der Waals surface area (Å²) >= 11 is 6.06. The van der Waals surface area contributed by atoms with Crippen LogP contribution in [0.1, 0.15) is 31.7 Å². The molecule has 0 aromatic heterocycles. The van der Waals surface area contributed by atoms with Gasteiger partial charge in [-0.1, -0.05) is 61.9 Å². The van der Waals surface area contributed by atoms with Crippen molar-refractivity contribution >= 4 is 52.2 Å². The molecule has 1 heterocycles. The summed E-state index contributed by atoms with van der Waals surface area (Å²) in [6, 6.07) is 6.97. The minimum Gasteiger partial charge on any atom is -0.496 e. The largest absolute Gasteiger partial charge is 0.496 e. The van der Waals surface area contributed by atoms with Crippen molar-refractivity contribution in [1.29, 1.82) is 0 Å². The molecule has 27 heavy (non-hydrogen) atoms. The summed E-state index contributed by atoms with van der Waals surface area (Å²) in [4.78, 5) is 37.6. The number of hydrogen-bond donors (Lipinski definition) is 2. The van der Waals surface area contributed by atoms with E-state index in [-0.39, 0.29) is 15.6 Å². The van der Waals surface area contributed by atoms with Crippen molar-refractivity contribution in [3.8, 4) is 5.75 Å². The van der Waals surface area contributed by atoms with E-state index < -0.39 is 23.4 Å². The topological polar surface area (TPSA) is 104 Å². The van der Waals surface area contributed by atoms with Crippen LogP contribution >= 0.6 is 24.0 Å². The molecule has 1 aromatic rings. The van der Waals surface area contributed by atoms with Crippen molar-refractivity contribution in [1.82, 2.24) is 4.90 Å². The highest BCUT2D eigenvalue weighted by Gasteiger charge is 2.57. The Labute approximate surface area is 166 Å². The van der Waals surface area contributed by atoms with Gasteiger partial charge in [0.15, 0.2) is 0 Å². The average Bonchev–Trinajstić information content (AvgIpc) is 2.90. The summed E-state index contributed by atoms with van der Waals surface area (Å²) in [6.07, 6.45) is 2.18. The smallest absolute Gasteiger partial charge is 0.341 e. The zero-order valence-corrected chi connectivity index (χ0v) is 16.4. The van der Waals surface area contributed by atoms with E-state index >= 15 is 0 Å². The lowest BCUT2D eigenvalue weighted by atomic mass is 9.90. The van der Waals surface area contributed by atoms with Crippen molar-refractivity contribution in [3.05, 3.63) is 34.7 Å². The first-order chi connectivity index (χ1) is 12.8. The van der Waals surface area contributed by atoms with Crippen LogP contribution in [-0.2, 0) is 14.4 Å². The van der Waals surface area contributed by atoms with E-state index in [2.05, 4.69) is 0 Å². The first-order valence-electron chi connectivity index (χ1n) is 8.17. The van der Waals surface area contributed by atoms with Crippen LogP contribution in [0.4, 0.5) is 0 Å². The highest BCUT2D eigenvalue weighted by molar-refractivity contribution is 8.26. The molecule has 2 rings (SSSR count).